The maximum atomic E-state index is 5.85. The largest absolute Gasteiger partial charge is 0.370 e. The third-order valence-electron chi connectivity index (χ3n) is 2.88. The van der Waals surface area contributed by atoms with Crippen LogP contribution in [0.25, 0.3) is 11.4 Å². The molecule has 2 heterocycles. The molecule has 0 fully saturated rings. The molecule has 3 rings (SSSR count). The van der Waals surface area contributed by atoms with Crippen LogP contribution in [-0.4, -0.2) is 21.7 Å². The Balaban J connectivity index is 1.59. The maximum Gasteiger partial charge on any atom is 0.228 e. The fourth-order valence-electron chi connectivity index (χ4n) is 1.84. The highest BCUT2D eigenvalue weighted by molar-refractivity contribution is 6.30. The molecular weight excluding hydrogens is 288 g/mol. The zero-order valence-corrected chi connectivity index (χ0v) is 11.9. The first-order valence-electron chi connectivity index (χ1n) is 6.55. The normalized spacial score (nSPS) is 10.5. The topological polar surface area (TPSA) is 63.8 Å². The molecule has 0 aliphatic carbocycles. The number of benzene rings is 1. The fourth-order valence-corrected chi connectivity index (χ4v) is 1.96. The van der Waals surface area contributed by atoms with Gasteiger partial charge in [-0.1, -0.05) is 22.8 Å². The van der Waals surface area contributed by atoms with Crippen molar-refractivity contribution in [1.82, 2.24) is 15.1 Å². The second-order valence-electron chi connectivity index (χ2n) is 4.41. The number of rotatable bonds is 5. The maximum absolute atomic E-state index is 5.85. The Morgan fingerprint density at radius 1 is 1.10 bits per heavy atom. The van der Waals surface area contributed by atoms with Crippen LogP contribution in [0, 0.1) is 0 Å². The van der Waals surface area contributed by atoms with E-state index in [2.05, 4.69) is 20.4 Å². The molecule has 21 heavy (non-hydrogen) atoms. The molecule has 0 saturated heterocycles. The summed E-state index contributed by atoms with van der Waals surface area (Å²) in [5.41, 5.74) is 0.882. The van der Waals surface area contributed by atoms with E-state index in [0.29, 0.717) is 29.7 Å². The number of halogens is 1. The number of hydrogen-bond donors (Lipinski definition) is 1. The van der Waals surface area contributed by atoms with Crippen molar-refractivity contribution in [2.75, 3.05) is 11.9 Å². The van der Waals surface area contributed by atoms with Crippen molar-refractivity contribution in [2.45, 2.75) is 6.42 Å². The van der Waals surface area contributed by atoms with Gasteiger partial charge in [-0.15, -0.1) is 0 Å². The van der Waals surface area contributed by atoms with E-state index in [-0.39, 0.29) is 0 Å². The van der Waals surface area contributed by atoms with Gasteiger partial charge in [0.2, 0.25) is 11.7 Å². The molecule has 0 aliphatic rings. The van der Waals surface area contributed by atoms with Crippen molar-refractivity contribution in [3.8, 4) is 11.4 Å². The fraction of sp³-hybridized carbons (Fsp3) is 0.133. The lowest BCUT2D eigenvalue weighted by atomic mass is 10.2. The van der Waals surface area contributed by atoms with Crippen LogP contribution in [-0.2, 0) is 6.42 Å². The summed E-state index contributed by atoms with van der Waals surface area (Å²) >= 11 is 5.85. The summed E-state index contributed by atoms with van der Waals surface area (Å²) in [6.45, 7) is 0.680. The van der Waals surface area contributed by atoms with E-state index in [9.17, 15) is 0 Å². The zero-order chi connectivity index (χ0) is 14.5. The van der Waals surface area contributed by atoms with Crippen LogP contribution in [0.2, 0.25) is 5.02 Å². The second-order valence-corrected chi connectivity index (χ2v) is 4.85. The number of aromatic nitrogens is 3. The Labute approximate surface area is 127 Å². The van der Waals surface area contributed by atoms with E-state index in [1.165, 1.54) is 0 Å². The van der Waals surface area contributed by atoms with Crippen LogP contribution in [0.5, 0.6) is 0 Å². The van der Waals surface area contributed by atoms with Crippen LogP contribution in [0.4, 0.5) is 5.82 Å². The molecule has 0 atom stereocenters. The highest BCUT2D eigenvalue weighted by Crippen LogP contribution is 2.18. The Bertz CT molecular complexity index is 697. The molecule has 6 heteroatoms. The Morgan fingerprint density at radius 2 is 1.95 bits per heavy atom. The summed E-state index contributed by atoms with van der Waals surface area (Å²) in [7, 11) is 0. The Hall–Kier alpha value is -2.40. The first-order valence-corrected chi connectivity index (χ1v) is 6.92. The van der Waals surface area contributed by atoms with Crippen LogP contribution in [0.15, 0.2) is 53.2 Å². The van der Waals surface area contributed by atoms with Gasteiger partial charge in [-0.2, -0.15) is 4.98 Å². The van der Waals surface area contributed by atoms with Gasteiger partial charge in [0.1, 0.15) is 5.82 Å². The van der Waals surface area contributed by atoms with Gasteiger partial charge < -0.3 is 9.84 Å². The van der Waals surface area contributed by atoms with E-state index in [4.69, 9.17) is 16.1 Å². The lowest BCUT2D eigenvalue weighted by Crippen LogP contribution is -2.06. The predicted octanol–water partition coefficient (Wildman–Crippen LogP) is 3.44. The summed E-state index contributed by atoms with van der Waals surface area (Å²) < 4.78 is 5.23. The third kappa shape index (κ3) is 3.58. The summed E-state index contributed by atoms with van der Waals surface area (Å²) in [6.07, 6.45) is 2.38. The van der Waals surface area contributed by atoms with E-state index >= 15 is 0 Å². The van der Waals surface area contributed by atoms with Crippen molar-refractivity contribution in [1.29, 1.82) is 0 Å². The Kier molecular flexibility index (Phi) is 4.12. The van der Waals surface area contributed by atoms with Gasteiger partial charge >= 0.3 is 0 Å². The first kappa shape index (κ1) is 13.6. The van der Waals surface area contributed by atoms with Crippen LogP contribution >= 0.6 is 11.6 Å². The van der Waals surface area contributed by atoms with Gasteiger partial charge in [0.05, 0.1) is 0 Å². The van der Waals surface area contributed by atoms with Crippen molar-refractivity contribution in [3.63, 3.8) is 0 Å². The smallest absolute Gasteiger partial charge is 0.228 e. The third-order valence-corrected chi connectivity index (χ3v) is 3.13. The minimum absolute atomic E-state index is 0.569. The summed E-state index contributed by atoms with van der Waals surface area (Å²) in [5.74, 6) is 1.98. The van der Waals surface area contributed by atoms with Crippen molar-refractivity contribution >= 4 is 17.4 Å². The molecule has 0 unspecified atom stereocenters. The van der Waals surface area contributed by atoms with E-state index in [1.807, 2.05) is 30.3 Å². The lowest BCUT2D eigenvalue weighted by Gasteiger charge is -2.01. The molecule has 1 aromatic carbocycles. The molecular formula is C15H13ClN4O. The number of pyridine rings is 1. The first-order chi connectivity index (χ1) is 10.3. The number of hydrogen-bond acceptors (Lipinski definition) is 5. The van der Waals surface area contributed by atoms with E-state index < -0.39 is 0 Å². The molecule has 1 N–H and O–H groups in total. The molecule has 0 bridgehead atoms. The summed E-state index contributed by atoms with van der Waals surface area (Å²) in [4.78, 5) is 8.54. The van der Waals surface area contributed by atoms with Gasteiger partial charge in [-0.3, -0.25) is 0 Å². The van der Waals surface area contributed by atoms with Gasteiger partial charge in [0.25, 0.3) is 0 Å². The molecule has 0 amide bonds. The average molecular weight is 301 g/mol. The molecule has 0 aliphatic heterocycles. The van der Waals surface area contributed by atoms with E-state index in [1.54, 1.807) is 18.3 Å². The van der Waals surface area contributed by atoms with Crippen molar-refractivity contribution in [2.24, 2.45) is 0 Å². The highest BCUT2D eigenvalue weighted by atomic mass is 35.5. The SMILES string of the molecule is Clc1ccc(-c2noc(CCNc3ccccn3)n2)cc1. The van der Waals surface area contributed by atoms with Crippen LogP contribution in [0.3, 0.4) is 0 Å². The number of nitrogens with zero attached hydrogens (tertiary/aromatic N) is 3. The average Bonchev–Trinajstić information content (AvgIpc) is 2.98. The summed E-state index contributed by atoms with van der Waals surface area (Å²) in [5, 5.41) is 7.84. The van der Waals surface area contributed by atoms with Crippen LogP contribution in [0.1, 0.15) is 5.89 Å². The number of nitrogens with one attached hydrogen (secondary N) is 1. The molecule has 0 spiro atoms. The minimum atomic E-state index is 0.569. The highest BCUT2D eigenvalue weighted by Gasteiger charge is 2.08. The van der Waals surface area contributed by atoms with Gasteiger partial charge in [0, 0.05) is 29.7 Å². The molecule has 0 radical (unpaired) electrons. The van der Waals surface area contributed by atoms with Gasteiger partial charge in [0.15, 0.2) is 0 Å². The van der Waals surface area contributed by atoms with Crippen molar-refractivity contribution in [3.05, 3.63) is 59.6 Å². The molecule has 106 valence electrons. The quantitative estimate of drug-likeness (QED) is 0.782. The van der Waals surface area contributed by atoms with Crippen molar-refractivity contribution < 1.29 is 4.52 Å². The second kappa shape index (κ2) is 6.37. The molecule has 3 aromatic rings. The number of anilines is 1. The molecule has 0 saturated carbocycles. The lowest BCUT2D eigenvalue weighted by molar-refractivity contribution is 0.381. The van der Waals surface area contributed by atoms with Gasteiger partial charge in [-0.25, -0.2) is 4.98 Å². The Morgan fingerprint density at radius 3 is 2.71 bits per heavy atom. The zero-order valence-electron chi connectivity index (χ0n) is 11.2. The minimum Gasteiger partial charge on any atom is -0.370 e. The summed E-state index contributed by atoms with van der Waals surface area (Å²) in [6, 6.07) is 13.0. The molecule has 5 nitrogen and oxygen atoms in total. The molecule has 2 aromatic heterocycles. The monoisotopic (exact) mass is 300 g/mol. The van der Waals surface area contributed by atoms with Crippen LogP contribution < -0.4 is 5.32 Å². The van der Waals surface area contributed by atoms with E-state index in [0.717, 1.165) is 11.4 Å². The standard InChI is InChI=1S/C15H13ClN4O/c16-12-6-4-11(5-7-12)15-19-14(21-20-15)8-10-18-13-3-1-2-9-17-13/h1-7,9H,8,10H2,(H,17,18). The predicted molar refractivity (Wildman–Crippen MR) is 81.2 cm³/mol. The van der Waals surface area contributed by atoms with Gasteiger partial charge in [-0.05, 0) is 36.4 Å².